The molecule has 1 saturated heterocycles. The summed E-state index contributed by atoms with van der Waals surface area (Å²) in [6.07, 6.45) is 4.29. The lowest BCUT2D eigenvalue weighted by Crippen LogP contribution is -2.46. The number of thiazole rings is 1. The van der Waals surface area contributed by atoms with Gasteiger partial charge in [-0.15, -0.1) is 0 Å². The molecule has 1 aliphatic heterocycles. The predicted octanol–water partition coefficient (Wildman–Crippen LogP) is 2.39. The van der Waals surface area contributed by atoms with Gasteiger partial charge in [0.1, 0.15) is 0 Å². The third kappa shape index (κ3) is 3.19. The number of hydrogen-bond donors (Lipinski definition) is 1. The monoisotopic (exact) mass is 375 g/mol. The van der Waals surface area contributed by atoms with E-state index in [0.29, 0.717) is 12.0 Å². The molecule has 1 fully saturated rings. The van der Waals surface area contributed by atoms with Crippen LogP contribution in [-0.2, 0) is 9.84 Å². The maximum atomic E-state index is 12.6. The van der Waals surface area contributed by atoms with Crippen LogP contribution in [-0.4, -0.2) is 40.9 Å². The fraction of sp³-hybridized carbons (Fsp3) is 0.294. The van der Waals surface area contributed by atoms with E-state index in [9.17, 15) is 13.2 Å². The highest BCUT2D eigenvalue weighted by Gasteiger charge is 2.39. The van der Waals surface area contributed by atoms with Gasteiger partial charge in [-0.25, -0.2) is 13.4 Å². The Labute approximate surface area is 149 Å². The Bertz CT molecular complexity index is 1050. The highest BCUT2D eigenvalue weighted by Crippen LogP contribution is 2.27. The Balaban J connectivity index is 1.60. The van der Waals surface area contributed by atoms with Gasteiger partial charge in [0.25, 0.3) is 5.91 Å². The summed E-state index contributed by atoms with van der Waals surface area (Å²) in [4.78, 5) is 17.1. The van der Waals surface area contributed by atoms with Crippen LogP contribution in [0.25, 0.3) is 15.3 Å². The second-order valence-corrected chi connectivity index (χ2v) is 9.82. The van der Waals surface area contributed by atoms with Crippen LogP contribution in [0.3, 0.4) is 0 Å². The highest BCUT2D eigenvalue weighted by molar-refractivity contribution is 7.91. The topological polar surface area (TPSA) is 81.1 Å². The second kappa shape index (κ2) is 5.67. The van der Waals surface area contributed by atoms with Crippen molar-refractivity contribution < 1.29 is 13.2 Å². The first-order chi connectivity index (χ1) is 11.8. The van der Waals surface area contributed by atoms with E-state index < -0.39 is 15.4 Å². The smallest absolute Gasteiger partial charge is 0.251 e. The normalized spacial score (nSPS) is 22.3. The summed E-state index contributed by atoms with van der Waals surface area (Å²) < 4.78 is 26.2. The van der Waals surface area contributed by atoms with Crippen molar-refractivity contribution in [3.05, 3.63) is 48.3 Å². The van der Waals surface area contributed by atoms with Gasteiger partial charge in [-0.3, -0.25) is 4.79 Å². The molecule has 0 spiro atoms. The molecule has 1 amide bonds. The SMILES string of the molecule is C[C@]1(NC(=O)c2ccc3nc(-n4cccc4)sc3c2)CCS(=O)(=O)C1. The minimum absolute atomic E-state index is 0.00762. The second-order valence-electron chi connectivity index (χ2n) is 6.63. The summed E-state index contributed by atoms with van der Waals surface area (Å²) in [6.45, 7) is 1.78. The van der Waals surface area contributed by atoms with Crippen molar-refractivity contribution in [2.24, 2.45) is 0 Å². The lowest BCUT2D eigenvalue weighted by Gasteiger charge is -2.23. The maximum absolute atomic E-state index is 12.6. The van der Waals surface area contributed by atoms with E-state index in [-0.39, 0.29) is 17.4 Å². The van der Waals surface area contributed by atoms with Gasteiger partial charge in [0.2, 0.25) is 0 Å². The number of carbonyl (C=O) groups is 1. The Morgan fingerprint density at radius 3 is 2.76 bits per heavy atom. The molecule has 0 saturated carbocycles. The lowest BCUT2D eigenvalue weighted by atomic mass is 10.0. The summed E-state index contributed by atoms with van der Waals surface area (Å²) in [5, 5.41) is 3.73. The number of nitrogens with one attached hydrogen (secondary N) is 1. The molecule has 1 aliphatic rings. The number of carbonyl (C=O) groups excluding carboxylic acids is 1. The third-order valence-electron chi connectivity index (χ3n) is 4.38. The quantitative estimate of drug-likeness (QED) is 0.762. The number of nitrogens with zero attached hydrogens (tertiary/aromatic N) is 2. The van der Waals surface area contributed by atoms with Crippen molar-refractivity contribution in [2.75, 3.05) is 11.5 Å². The molecule has 2 aromatic heterocycles. The first kappa shape index (κ1) is 16.3. The van der Waals surface area contributed by atoms with Crippen LogP contribution in [0.2, 0.25) is 0 Å². The van der Waals surface area contributed by atoms with Crippen LogP contribution < -0.4 is 5.32 Å². The zero-order valence-corrected chi connectivity index (χ0v) is 15.2. The van der Waals surface area contributed by atoms with Gasteiger partial charge in [-0.05, 0) is 43.7 Å². The van der Waals surface area contributed by atoms with Crippen molar-refractivity contribution in [2.45, 2.75) is 18.9 Å². The van der Waals surface area contributed by atoms with E-state index in [2.05, 4.69) is 10.3 Å². The molecule has 0 aliphatic carbocycles. The van der Waals surface area contributed by atoms with E-state index in [1.807, 2.05) is 41.2 Å². The molecular weight excluding hydrogens is 358 g/mol. The Hall–Kier alpha value is -2.19. The van der Waals surface area contributed by atoms with Gasteiger partial charge >= 0.3 is 0 Å². The standard InChI is InChI=1S/C17H17N3O3S2/c1-17(6-9-25(22,23)11-17)19-15(21)12-4-5-13-14(10-12)24-16(18-13)20-7-2-3-8-20/h2-5,7-8,10H,6,9,11H2,1H3,(H,19,21)/t17-/m0/s1. The fourth-order valence-corrected chi connectivity index (χ4v) is 6.15. The van der Waals surface area contributed by atoms with E-state index in [1.54, 1.807) is 13.0 Å². The Morgan fingerprint density at radius 2 is 2.08 bits per heavy atom. The average molecular weight is 375 g/mol. The van der Waals surface area contributed by atoms with Crippen molar-refractivity contribution in [3.63, 3.8) is 0 Å². The molecule has 4 rings (SSSR count). The summed E-state index contributed by atoms with van der Waals surface area (Å²) in [5.74, 6) is -0.137. The molecule has 0 bridgehead atoms. The molecule has 130 valence electrons. The number of benzene rings is 1. The van der Waals surface area contributed by atoms with Crippen LogP contribution in [0.4, 0.5) is 0 Å². The van der Waals surface area contributed by atoms with Gasteiger partial charge < -0.3 is 9.88 Å². The Morgan fingerprint density at radius 1 is 1.32 bits per heavy atom. The number of amides is 1. The van der Waals surface area contributed by atoms with Crippen LogP contribution in [0.15, 0.2) is 42.7 Å². The van der Waals surface area contributed by atoms with E-state index in [4.69, 9.17) is 0 Å². The van der Waals surface area contributed by atoms with Crippen LogP contribution in [0.5, 0.6) is 0 Å². The summed E-state index contributed by atoms with van der Waals surface area (Å²) >= 11 is 1.50. The van der Waals surface area contributed by atoms with E-state index in [0.717, 1.165) is 15.3 Å². The molecule has 1 atom stereocenters. The third-order valence-corrected chi connectivity index (χ3v) is 7.32. The van der Waals surface area contributed by atoms with Crippen molar-refractivity contribution in [3.8, 4) is 5.13 Å². The molecule has 25 heavy (non-hydrogen) atoms. The molecule has 1 aromatic carbocycles. The number of sulfone groups is 1. The first-order valence-electron chi connectivity index (χ1n) is 7.91. The number of hydrogen-bond acceptors (Lipinski definition) is 5. The molecule has 0 radical (unpaired) electrons. The molecule has 3 heterocycles. The van der Waals surface area contributed by atoms with Gasteiger partial charge in [0.15, 0.2) is 15.0 Å². The predicted molar refractivity (Wildman–Crippen MR) is 98.1 cm³/mol. The van der Waals surface area contributed by atoms with Gasteiger partial charge in [-0.2, -0.15) is 0 Å². The largest absolute Gasteiger partial charge is 0.346 e. The summed E-state index contributed by atoms with van der Waals surface area (Å²) in [6, 6.07) is 9.22. The van der Waals surface area contributed by atoms with Crippen LogP contribution in [0, 0.1) is 0 Å². The van der Waals surface area contributed by atoms with Crippen molar-refractivity contribution in [1.82, 2.24) is 14.9 Å². The number of rotatable bonds is 3. The summed E-state index contributed by atoms with van der Waals surface area (Å²) in [7, 11) is -3.06. The zero-order chi connectivity index (χ0) is 17.7. The van der Waals surface area contributed by atoms with E-state index in [1.165, 1.54) is 11.3 Å². The number of aromatic nitrogens is 2. The summed E-state index contributed by atoms with van der Waals surface area (Å²) in [5.41, 5.74) is 0.648. The average Bonchev–Trinajstić information content (AvgIpc) is 3.25. The zero-order valence-electron chi connectivity index (χ0n) is 13.6. The molecule has 3 aromatic rings. The lowest BCUT2D eigenvalue weighted by molar-refractivity contribution is 0.0915. The molecular formula is C17H17N3O3S2. The van der Waals surface area contributed by atoms with Gasteiger partial charge in [-0.1, -0.05) is 11.3 Å². The van der Waals surface area contributed by atoms with Crippen LogP contribution in [0.1, 0.15) is 23.7 Å². The van der Waals surface area contributed by atoms with Crippen molar-refractivity contribution in [1.29, 1.82) is 0 Å². The van der Waals surface area contributed by atoms with Crippen LogP contribution >= 0.6 is 11.3 Å². The van der Waals surface area contributed by atoms with Gasteiger partial charge in [0, 0.05) is 18.0 Å². The van der Waals surface area contributed by atoms with Crippen molar-refractivity contribution >= 4 is 37.3 Å². The minimum Gasteiger partial charge on any atom is -0.346 e. The highest BCUT2D eigenvalue weighted by atomic mass is 32.2. The molecule has 0 unspecified atom stereocenters. The van der Waals surface area contributed by atoms with E-state index >= 15 is 0 Å². The molecule has 6 nitrogen and oxygen atoms in total. The Kier molecular flexibility index (Phi) is 3.69. The number of fused-ring (bicyclic) bond motifs is 1. The first-order valence-corrected chi connectivity index (χ1v) is 10.5. The van der Waals surface area contributed by atoms with Gasteiger partial charge in [0.05, 0.1) is 27.3 Å². The maximum Gasteiger partial charge on any atom is 0.251 e. The minimum atomic E-state index is -3.06. The molecule has 8 heteroatoms. The molecule has 1 N–H and O–H groups in total. The fourth-order valence-electron chi connectivity index (χ4n) is 3.08.